The Hall–Kier alpha value is -1.16. The van der Waals surface area contributed by atoms with Gasteiger partial charge in [-0.15, -0.1) is 0 Å². The topological polar surface area (TPSA) is 37.8 Å². The van der Waals surface area contributed by atoms with E-state index in [9.17, 15) is 0 Å². The van der Waals surface area contributed by atoms with E-state index in [0.29, 0.717) is 16.6 Å². The number of nitrogens with one attached hydrogen (secondary N) is 1. The Kier molecular flexibility index (Phi) is 4.75. The lowest BCUT2D eigenvalue weighted by atomic mass is 10.1. The zero-order chi connectivity index (χ0) is 13.8. The Labute approximate surface area is 123 Å². The van der Waals surface area contributed by atoms with Crippen LogP contribution in [0, 0.1) is 6.92 Å². The third kappa shape index (κ3) is 3.90. The summed E-state index contributed by atoms with van der Waals surface area (Å²) in [5.74, 6) is 0. The van der Waals surface area contributed by atoms with Crippen LogP contribution < -0.4 is 5.32 Å². The molecule has 1 unspecified atom stereocenters. The number of hydrogen-bond donors (Lipinski definition) is 1. The van der Waals surface area contributed by atoms with Gasteiger partial charge in [-0.1, -0.05) is 23.2 Å². The number of aromatic nitrogens is 2. The van der Waals surface area contributed by atoms with Crippen LogP contribution in [0.3, 0.4) is 0 Å². The van der Waals surface area contributed by atoms with Crippen LogP contribution >= 0.6 is 23.2 Å². The van der Waals surface area contributed by atoms with Gasteiger partial charge in [0.25, 0.3) is 0 Å². The van der Waals surface area contributed by atoms with Crippen molar-refractivity contribution in [3.8, 4) is 0 Å². The molecule has 3 nitrogen and oxygen atoms in total. The van der Waals surface area contributed by atoms with E-state index in [1.165, 1.54) is 0 Å². The first-order valence-corrected chi connectivity index (χ1v) is 6.77. The summed E-state index contributed by atoms with van der Waals surface area (Å²) in [6.45, 7) is 4.59. The number of nitrogens with zero attached hydrogens (tertiary/aromatic N) is 2. The van der Waals surface area contributed by atoms with Gasteiger partial charge in [0.1, 0.15) is 0 Å². The van der Waals surface area contributed by atoms with E-state index in [1.54, 1.807) is 18.5 Å². The van der Waals surface area contributed by atoms with Crippen molar-refractivity contribution in [2.24, 2.45) is 0 Å². The van der Waals surface area contributed by atoms with E-state index in [-0.39, 0.29) is 6.04 Å². The van der Waals surface area contributed by atoms with Crippen LogP contribution in [0.2, 0.25) is 10.0 Å². The molecule has 100 valence electrons. The maximum Gasteiger partial charge on any atom is 0.0724 e. The molecule has 1 aromatic heterocycles. The molecule has 0 aliphatic carbocycles. The minimum Gasteiger partial charge on any atom is -0.304 e. The number of rotatable bonds is 4. The predicted molar refractivity (Wildman–Crippen MR) is 78.5 cm³/mol. The second-order valence-electron chi connectivity index (χ2n) is 4.42. The molecular weight excluding hydrogens is 281 g/mol. The Morgan fingerprint density at radius 2 is 2.00 bits per heavy atom. The number of hydrogen-bond acceptors (Lipinski definition) is 3. The highest BCUT2D eigenvalue weighted by atomic mass is 35.5. The average Bonchev–Trinajstić information content (AvgIpc) is 2.40. The molecule has 2 aromatic rings. The average molecular weight is 296 g/mol. The van der Waals surface area contributed by atoms with Gasteiger partial charge in [-0.25, -0.2) is 0 Å². The monoisotopic (exact) mass is 295 g/mol. The summed E-state index contributed by atoms with van der Waals surface area (Å²) in [6.07, 6.45) is 3.53. The summed E-state index contributed by atoms with van der Waals surface area (Å²) < 4.78 is 0. The molecule has 1 heterocycles. The van der Waals surface area contributed by atoms with Crippen LogP contribution in [0.15, 0.2) is 30.6 Å². The third-order valence-corrected chi connectivity index (χ3v) is 3.43. The van der Waals surface area contributed by atoms with Gasteiger partial charge < -0.3 is 5.32 Å². The minimum atomic E-state index is 0.0919. The lowest BCUT2D eigenvalue weighted by Crippen LogP contribution is -2.19. The molecule has 0 aliphatic heterocycles. The van der Waals surface area contributed by atoms with Crippen molar-refractivity contribution in [3.05, 3.63) is 57.6 Å². The Morgan fingerprint density at radius 3 is 2.68 bits per heavy atom. The second-order valence-corrected chi connectivity index (χ2v) is 5.26. The smallest absolute Gasteiger partial charge is 0.0724 e. The summed E-state index contributed by atoms with van der Waals surface area (Å²) >= 11 is 12.2. The molecule has 0 aliphatic rings. The van der Waals surface area contributed by atoms with Crippen LogP contribution in [0.5, 0.6) is 0 Å². The maximum absolute atomic E-state index is 6.17. The molecule has 19 heavy (non-hydrogen) atoms. The summed E-state index contributed by atoms with van der Waals surface area (Å²) in [7, 11) is 0. The molecule has 1 N–H and O–H groups in total. The normalized spacial score (nSPS) is 12.4. The summed E-state index contributed by atoms with van der Waals surface area (Å²) in [4.78, 5) is 8.51. The highest BCUT2D eigenvalue weighted by Crippen LogP contribution is 2.26. The van der Waals surface area contributed by atoms with Crippen molar-refractivity contribution < 1.29 is 0 Å². The highest BCUT2D eigenvalue weighted by Gasteiger charge is 2.10. The molecule has 0 saturated heterocycles. The highest BCUT2D eigenvalue weighted by molar-refractivity contribution is 6.33. The van der Waals surface area contributed by atoms with Gasteiger partial charge in [-0.05, 0) is 37.6 Å². The van der Waals surface area contributed by atoms with Crippen LogP contribution in [0.1, 0.15) is 29.9 Å². The fourth-order valence-electron chi connectivity index (χ4n) is 1.72. The molecule has 0 amide bonds. The predicted octanol–water partition coefficient (Wildman–Crippen LogP) is 3.94. The second kappa shape index (κ2) is 6.33. The van der Waals surface area contributed by atoms with E-state index in [1.807, 2.05) is 26.0 Å². The van der Waals surface area contributed by atoms with Crippen molar-refractivity contribution in [2.45, 2.75) is 26.4 Å². The first-order chi connectivity index (χ1) is 9.06. The molecule has 1 atom stereocenters. The van der Waals surface area contributed by atoms with Crippen molar-refractivity contribution in [1.29, 1.82) is 0 Å². The molecular formula is C14H15Cl2N3. The quantitative estimate of drug-likeness (QED) is 0.928. The van der Waals surface area contributed by atoms with Gasteiger partial charge in [0.15, 0.2) is 0 Å². The number of aryl methyl sites for hydroxylation is 1. The van der Waals surface area contributed by atoms with Crippen molar-refractivity contribution in [2.75, 3.05) is 0 Å². The van der Waals surface area contributed by atoms with E-state index >= 15 is 0 Å². The number of halogens is 2. The Balaban J connectivity index is 2.03. The largest absolute Gasteiger partial charge is 0.304 e. The summed E-state index contributed by atoms with van der Waals surface area (Å²) in [5, 5.41) is 4.75. The third-order valence-electron chi connectivity index (χ3n) is 2.85. The minimum absolute atomic E-state index is 0.0919. The fraction of sp³-hybridized carbons (Fsp3) is 0.286. The van der Waals surface area contributed by atoms with Crippen LogP contribution in [-0.2, 0) is 6.54 Å². The van der Waals surface area contributed by atoms with Gasteiger partial charge in [-0.2, -0.15) is 0 Å². The van der Waals surface area contributed by atoms with Crippen molar-refractivity contribution in [1.82, 2.24) is 15.3 Å². The molecule has 0 spiro atoms. The molecule has 2 rings (SSSR count). The Bertz CT molecular complexity index is 555. The SMILES string of the molecule is Cc1cnc(CNC(C)c2cc(Cl)ccc2Cl)cn1. The van der Waals surface area contributed by atoms with Gasteiger partial charge in [0, 0.05) is 35.0 Å². The zero-order valence-electron chi connectivity index (χ0n) is 10.8. The lowest BCUT2D eigenvalue weighted by Gasteiger charge is -2.15. The maximum atomic E-state index is 6.17. The van der Waals surface area contributed by atoms with E-state index in [0.717, 1.165) is 17.0 Å². The number of benzene rings is 1. The molecule has 0 radical (unpaired) electrons. The van der Waals surface area contributed by atoms with E-state index in [4.69, 9.17) is 23.2 Å². The van der Waals surface area contributed by atoms with Gasteiger partial charge in [0.05, 0.1) is 11.4 Å². The van der Waals surface area contributed by atoms with Gasteiger partial charge in [0.2, 0.25) is 0 Å². The van der Waals surface area contributed by atoms with Crippen LogP contribution in [-0.4, -0.2) is 9.97 Å². The van der Waals surface area contributed by atoms with Crippen LogP contribution in [0.25, 0.3) is 0 Å². The zero-order valence-corrected chi connectivity index (χ0v) is 12.3. The molecule has 0 fully saturated rings. The molecule has 0 saturated carbocycles. The first kappa shape index (κ1) is 14.3. The van der Waals surface area contributed by atoms with Gasteiger partial charge >= 0.3 is 0 Å². The molecule has 1 aromatic carbocycles. The lowest BCUT2D eigenvalue weighted by molar-refractivity contribution is 0.566. The summed E-state index contributed by atoms with van der Waals surface area (Å²) in [5.41, 5.74) is 2.79. The van der Waals surface area contributed by atoms with Crippen molar-refractivity contribution >= 4 is 23.2 Å². The van der Waals surface area contributed by atoms with E-state index < -0.39 is 0 Å². The first-order valence-electron chi connectivity index (χ1n) is 6.02. The van der Waals surface area contributed by atoms with Gasteiger partial charge in [-0.3, -0.25) is 9.97 Å². The van der Waals surface area contributed by atoms with Crippen LogP contribution in [0.4, 0.5) is 0 Å². The van der Waals surface area contributed by atoms with E-state index in [2.05, 4.69) is 15.3 Å². The fourth-order valence-corrected chi connectivity index (χ4v) is 2.19. The standard InChI is InChI=1S/C14H15Cl2N3/c1-9-6-19-12(7-17-9)8-18-10(2)13-5-11(15)3-4-14(13)16/h3-7,10,18H,8H2,1-2H3. The van der Waals surface area contributed by atoms with Crippen molar-refractivity contribution in [3.63, 3.8) is 0 Å². The Morgan fingerprint density at radius 1 is 1.21 bits per heavy atom. The summed E-state index contributed by atoms with van der Waals surface area (Å²) in [6, 6.07) is 5.56. The molecule has 0 bridgehead atoms. The molecule has 5 heteroatoms.